The summed E-state index contributed by atoms with van der Waals surface area (Å²) < 4.78 is 12.2. The number of benzene rings is 2. The van der Waals surface area contributed by atoms with Crippen LogP contribution in [-0.4, -0.2) is 35.8 Å². The van der Waals surface area contributed by atoms with Crippen LogP contribution in [0, 0.1) is 0 Å². The lowest BCUT2D eigenvalue weighted by Gasteiger charge is -2.24. The second-order valence-corrected chi connectivity index (χ2v) is 6.87. The van der Waals surface area contributed by atoms with E-state index in [0.717, 1.165) is 11.1 Å². The second kappa shape index (κ2) is 8.38. The van der Waals surface area contributed by atoms with E-state index in [-0.39, 0.29) is 24.8 Å². The molecule has 0 unspecified atom stereocenters. The van der Waals surface area contributed by atoms with Crippen LogP contribution in [0.1, 0.15) is 18.2 Å². The van der Waals surface area contributed by atoms with Gasteiger partial charge in [0, 0.05) is 12.7 Å². The van der Waals surface area contributed by atoms with Gasteiger partial charge in [0.25, 0.3) is 0 Å². The van der Waals surface area contributed by atoms with Crippen LogP contribution in [0.3, 0.4) is 0 Å². The lowest BCUT2D eigenvalue weighted by molar-refractivity contribution is -0.125. The van der Waals surface area contributed by atoms with Crippen molar-refractivity contribution < 1.29 is 19.1 Å². The number of para-hydroxylation sites is 2. The number of nitrogens with zero attached hydrogens (tertiary/aromatic N) is 2. The molecule has 0 radical (unpaired) electrons. The number of aromatic nitrogens is 2. The third-order valence-corrected chi connectivity index (χ3v) is 4.93. The highest BCUT2D eigenvalue weighted by Gasteiger charge is 2.35. The minimum atomic E-state index is -0.799. The van der Waals surface area contributed by atoms with Crippen molar-refractivity contribution in [1.29, 1.82) is 0 Å². The van der Waals surface area contributed by atoms with Gasteiger partial charge in [-0.2, -0.15) is 5.10 Å². The first-order chi connectivity index (χ1) is 14.6. The Bertz CT molecular complexity index is 1080. The number of nitrogens with one attached hydrogen (secondary N) is 2. The zero-order chi connectivity index (χ0) is 21.1. The maximum absolute atomic E-state index is 13.1. The van der Waals surface area contributed by atoms with Crippen LogP contribution in [0.15, 0.2) is 54.6 Å². The first-order valence-corrected chi connectivity index (χ1v) is 9.52. The van der Waals surface area contributed by atoms with E-state index < -0.39 is 6.04 Å². The highest BCUT2D eigenvalue weighted by atomic mass is 16.5. The number of fused-ring (bicyclic) bond motifs is 1. The number of ether oxygens (including phenoxy) is 2. The fourth-order valence-electron chi connectivity index (χ4n) is 3.59. The number of rotatable bonds is 6. The molecule has 8 nitrogen and oxygen atoms in total. The zero-order valence-electron chi connectivity index (χ0n) is 16.7. The average molecular weight is 406 g/mol. The minimum absolute atomic E-state index is 0.0175. The van der Waals surface area contributed by atoms with Crippen molar-refractivity contribution in [2.75, 3.05) is 24.9 Å². The molecule has 8 heteroatoms. The van der Waals surface area contributed by atoms with E-state index >= 15 is 0 Å². The van der Waals surface area contributed by atoms with Gasteiger partial charge in [-0.05, 0) is 17.7 Å². The fraction of sp³-hybridized carbons (Fsp3) is 0.227. The average Bonchev–Trinajstić information content (AvgIpc) is 3.12. The van der Waals surface area contributed by atoms with Crippen LogP contribution in [0.25, 0.3) is 11.1 Å². The maximum atomic E-state index is 13.1. The Kier molecular flexibility index (Phi) is 5.49. The molecule has 1 aliphatic heterocycles. The third kappa shape index (κ3) is 3.65. The number of carbonyl (C=O) groups excluding carboxylic acids is 2. The van der Waals surface area contributed by atoms with Gasteiger partial charge in [-0.3, -0.25) is 9.59 Å². The van der Waals surface area contributed by atoms with Gasteiger partial charge in [0.1, 0.15) is 17.6 Å². The van der Waals surface area contributed by atoms with Crippen molar-refractivity contribution in [1.82, 2.24) is 9.78 Å². The van der Waals surface area contributed by atoms with Crippen LogP contribution < -0.4 is 15.4 Å². The SMILES string of the molecule is COCc1nn2c(c1-c1ccccc1)NC(=O)C[C@@H]2C(=O)Nc1ccccc1OC. The highest BCUT2D eigenvalue weighted by molar-refractivity contribution is 6.03. The molecule has 0 spiro atoms. The van der Waals surface area contributed by atoms with Crippen molar-refractivity contribution in [2.24, 2.45) is 0 Å². The van der Waals surface area contributed by atoms with Crippen LogP contribution in [0.4, 0.5) is 11.5 Å². The molecule has 2 N–H and O–H groups in total. The topological polar surface area (TPSA) is 94.5 Å². The van der Waals surface area contributed by atoms with Crippen LogP contribution in [0.5, 0.6) is 5.75 Å². The van der Waals surface area contributed by atoms with E-state index in [9.17, 15) is 9.59 Å². The molecule has 1 aliphatic rings. The molecular weight excluding hydrogens is 384 g/mol. The first kappa shape index (κ1) is 19.7. The Balaban J connectivity index is 1.75. The molecule has 2 heterocycles. The van der Waals surface area contributed by atoms with Gasteiger partial charge in [-0.1, -0.05) is 42.5 Å². The van der Waals surface area contributed by atoms with E-state index in [0.29, 0.717) is 22.9 Å². The number of hydrogen-bond donors (Lipinski definition) is 2. The van der Waals surface area contributed by atoms with E-state index in [1.807, 2.05) is 36.4 Å². The Morgan fingerprint density at radius 1 is 1.17 bits per heavy atom. The van der Waals surface area contributed by atoms with Gasteiger partial charge in [0.05, 0.1) is 31.5 Å². The smallest absolute Gasteiger partial charge is 0.249 e. The van der Waals surface area contributed by atoms with Crippen molar-refractivity contribution >= 4 is 23.3 Å². The summed E-state index contributed by atoms with van der Waals surface area (Å²) in [7, 11) is 3.12. The second-order valence-electron chi connectivity index (χ2n) is 6.87. The number of methoxy groups -OCH3 is 2. The van der Waals surface area contributed by atoms with Gasteiger partial charge in [-0.25, -0.2) is 4.68 Å². The van der Waals surface area contributed by atoms with E-state index in [4.69, 9.17) is 9.47 Å². The van der Waals surface area contributed by atoms with Crippen molar-refractivity contribution in [3.63, 3.8) is 0 Å². The molecular formula is C22H22N4O4. The Labute approximate surface area is 173 Å². The summed E-state index contributed by atoms with van der Waals surface area (Å²) in [4.78, 5) is 25.6. The molecule has 4 rings (SSSR count). The van der Waals surface area contributed by atoms with Crippen LogP contribution in [0.2, 0.25) is 0 Å². The predicted molar refractivity (Wildman–Crippen MR) is 112 cm³/mol. The zero-order valence-corrected chi connectivity index (χ0v) is 16.7. The largest absolute Gasteiger partial charge is 0.495 e. The molecule has 0 saturated heterocycles. The molecule has 0 fully saturated rings. The van der Waals surface area contributed by atoms with Gasteiger partial charge in [-0.15, -0.1) is 0 Å². The summed E-state index contributed by atoms with van der Waals surface area (Å²) in [6.45, 7) is 0.251. The summed E-state index contributed by atoms with van der Waals surface area (Å²) in [5, 5.41) is 10.4. The highest BCUT2D eigenvalue weighted by Crippen LogP contribution is 2.38. The van der Waals surface area contributed by atoms with E-state index in [1.165, 1.54) is 7.11 Å². The molecule has 30 heavy (non-hydrogen) atoms. The normalized spacial score (nSPS) is 15.3. The van der Waals surface area contributed by atoms with Crippen molar-refractivity contribution in [2.45, 2.75) is 19.1 Å². The molecule has 1 aromatic heterocycles. The lowest BCUT2D eigenvalue weighted by Crippen LogP contribution is -2.36. The van der Waals surface area contributed by atoms with Crippen LogP contribution in [-0.2, 0) is 20.9 Å². The number of hydrogen-bond acceptors (Lipinski definition) is 5. The number of carbonyl (C=O) groups is 2. The van der Waals surface area contributed by atoms with Crippen molar-refractivity contribution in [3.8, 4) is 16.9 Å². The number of anilines is 2. The molecule has 0 aliphatic carbocycles. The molecule has 0 bridgehead atoms. The van der Waals surface area contributed by atoms with Gasteiger partial charge >= 0.3 is 0 Å². The molecule has 3 aromatic rings. The molecule has 154 valence electrons. The van der Waals surface area contributed by atoms with Crippen LogP contribution >= 0.6 is 0 Å². The molecule has 0 saturated carbocycles. The van der Waals surface area contributed by atoms with Gasteiger partial charge in [0.15, 0.2) is 0 Å². The Hall–Kier alpha value is -3.65. The number of amides is 2. The summed E-state index contributed by atoms with van der Waals surface area (Å²) >= 11 is 0. The van der Waals surface area contributed by atoms with Crippen molar-refractivity contribution in [3.05, 3.63) is 60.3 Å². The molecule has 2 amide bonds. The quantitative estimate of drug-likeness (QED) is 0.655. The molecule has 2 aromatic carbocycles. The monoisotopic (exact) mass is 406 g/mol. The predicted octanol–water partition coefficient (Wildman–Crippen LogP) is 3.23. The Morgan fingerprint density at radius 2 is 1.90 bits per heavy atom. The Morgan fingerprint density at radius 3 is 2.63 bits per heavy atom. The standard InChI is InChI=1S/C22H22N4O4/c1-29-13-16-20(14-8-4-3-5-9-14)21-24-19(27)12-17(26(21)25-16)22(28)23-15-10-6-7-11-18(15)30-2/h3-11,17H,12-13H2,1-2H3,(H,23,28)(H,24,27)/t17-/m1/s1. The fourth-order valence-corrected chi connectivity index (χ4v) is 3.59. The summed E-state index contributed by atoms with van der Waals surface area (Å²) in [6, 6.07) is 15.9. The van der Waals surface area contributed by atoms with Gasteiger partial charge in [0.2, 0.25) is 11.8 Å². The summed E-state index contributed by atoms with van der Waals surface area (Å²) in [6.07, 6.45) is -0.0175. The minimum Gasteiger partial charge on any atom is -0.495 e. The van der Waals surface area contributed by atoms with E-state index in [2.05, 4.69) is 15.7 Å². The summed E-state index contributed by atoms with van der Waals surface area (Å²) in [5.41, 5.74) is 2.82. The third-order valence-electron chi connectivity index (χ3n) is 4.93. The summed E-state index contributed by atoms with van der Waals surface area (Å²) in [5.74, 6) is 0.437. The maximum Gasteiger partial charge on any atom is 0.249 e. The molecule has 1 atom stereocenters. The lowest BCUT2D eigenvalue weighted by atomic mass is 10.0. The van der Waals surface area contributed by atoms with E-state index in [1.54, 1.807) is 30.0 Å². The first-order valence-electron chi connectivity index (χ1n) is 9.52. The van der Waals surface area contributed by atoms with Gasteiger partial charge < -0.3 is 20.1 Å².